The fourth-order valence-corrected chi connectivity index (χ4v) is 21.9. The average Bonchev–Trinajstić information content (AvgIpc) is 1.58. The Balaban J connectivity index is 0.000000150. The normalized spacial score (nSPS) is 23.1. The highest BCUT2D eigenvalue weighted by Gasteiger charge is 2.59. The minimum atomic E-state index is -0.686. The van der Waals surface area contributed by atoms with Gasteiger partial charge in [0.15, 0.2) is 5.78 Å². The maximum atomic E-state index is 14.0. The Hall–Kier alpha value is -11.7. The molecule has 0 radical (unpaired) electrons. The Labute approximate surface area is 791 Å². The van der Waals surface area contributed by atoms with Gasteiger partial charge in [-0.2, -0.15) is 0 Å². The Bertz CT molecular complexity index is 6040. The number of alkyl carbamates (subject to hydrolysis) is 4. The van der Waals surface area contributed by atoms with E-state index in [2.05, 4.69) is 187 Å². The summed E-state index contributed by atoms with van der Waals surface area (Å²) in [5.41, 5.74) is 10.4. The number of ether oxygens (including phenoxy) is 4. The van der Waals surface area contributed by atoms with Crippen molar-refractivity contribution in [2.45, 2.75) is 226 Å². The van der Waals surface area contributed by atoms with Crippen LogP contribution in [-0.2, 0) is 47.4 Å². The van der Waals surface area contributed by atoms with Crippen LogP contribution in [-0.4, -0.2) is 193 Å². The van der Waals surface area contributed by atoms with Gasteiger partial charge in [-0.1, -0.05) is 162 Å². The van der Waals surface area contributed by atoms with Crippen molar-refractivity contribution in [1.29, 1.82) is 0 Å². The Morgan fingerprint density at radius 1 is 0.425 bits per heavy atom. The number of imidazole rings is 4. The van der Waals surface area contributed by atoms with E-state index < -0.39 is 55.7 Å². The molecule has 1 unspecified atom stereocenters. The quantitative estimate of drug-likeness (QED) is 0.0218. The lowest BCUT2D eigenvalue weighted by molar-refractivity contribution is -0.139. The Morgan fingerprint density at radius 2 is 0.799 bits per heavy atom. The van der Waals surface area contributed by atoms with Crippen molar-refractivity contribution in [3.63, 3.8) is 0 Å². The number of nitrogens with zero attached hydrogens (tertiary/aromatic N) is 7. The average molecular weight is 1890 g/mol. The van der Waals surface area contributed by atoms with Crippen LogP contribution in [0.15, 0.2) is 151 Å². The predicted molar refractivity (Wildman–Crippen MR) is 514 cm³/mol. The lowest BCUT2D eigenvalue weighted by Gasteiger charge is -2.37. The third kappa shape index (κ3) is 19.1. The third-order valence-electron chi connectivity index (χ3n) is 30.3. The smallest absolute Gasteiger partial charge is 0.453 e. The fraction of sp³-hybridized carbons (Fsp3) is 0.495. The molecule has 5 saturated carbocycles. The minimum Gasteiger partial charge on any atom is -0.453 e. The summed E-state index contributed by atoms with van der Waals surface area (Å²) >= 11 is 3.46. The van der Waals surface area contributed by atoms with Crippen LogP contribution in [0.4, 0.5) is 19.2 Å². The van der Waals surface area contributed by atoms with Crippen LogP contribution in [0, 0.1) is 58.2 Å². The summed E-state index contributed by atoms with van der Waals surface area (Å²) in [6.45, 7) is 25.1. The molecule has 134 heavy (non-hydrogen) atoms. The maximum absolute atomic E-state index is 14.0. The number of aromatic nitrogens is 8. The molecule has 7 amide bonds. The molecule has 5 aliphatic carbocycles. The standard InChI is InChI=1S/C49H57N7O6.C32H41BN4O5.C22H27BrN4O3/c1-26(2)41(54-47(59)61-5)43(57)39-34-15-16-35(21-34)40(39)45-51-23-36(53-45)29-9-7-28(8-10-29)30-11-12-32-20-33(14-13-31(32)19-30)37-24-50-44(52-37)38-22-49(17-18-49)25-56(38)46(58)42(27(3)4)55-48(60)62-6;1-19(2)26(36-29(39)40-7)28(38)37-18-32(12-13-32)16-25(37)27-34-17-24(35-27)22-9-8-21-15-23(11-10-20(21)14-22)33-41-30(3,4)31(5,6)42-33;1-12(2)18(26-22(29)30-3)21(28)27-16-9-6-14(10-16)19(27)20-24-11-17(25-20)13-4-7-15(23)8-5-13/h7-14,19-20,23-24,26-27,34-35,38-42H,15-18,21-22,25H2,1-6H3,(H,50,52)(H,51,53)(H,54,59)(H,55,60);8-11,14-15,17,19,25-26H,12-13,16,18H2,1-7H3,(H,34,35)(H,36,39);4-5,7-8,11-12,14,16,18-19H,6,9-10H2,1-3H3,(H,24,25)(H,26,29)/t34-,35+,38+,39?,40-,41+,42+;25-,26-;14-,16+,18-,19-/m100/s1. The van der Waals surface area contributed by atoms with E-state index in [0.29, 0.717) is 30.8 Å². The second kappa shape index (κ2) is 37.9. The van der Waals surface area contributed by atoms with Gasteiger partial charge in [-0.25, -0.2) is 39.1 Å². The molecule has 4 bridgehead atoms. The first-order valence-corrected chi connectivity index (χ1v) is 48.2. The molecule has 31 heteroatoms. The number of rotatable bonds is 23. The van der Waals surface area contributed by atoms with E-state index >= 15 is 0 Å². The van der Waals surface area contributed by atoms with Gasteiger partial charge in [0.25, 0.3) is 0 Å². The second-order valence-corrected chi connectivity index (χ2v) is 41.9. The highest BCUT2D eigenvalue weighted by atomic mass is 79.9. The number of hydrogen-bond donors (Lipinski definition) is 8. The van der Waals surface area contributed by atoms with Gasteiger partial charge in [0.05, 0.1) is 111 Å². The number of aromatic amines is 4. The summed E-state index contributed by atoms with van der Waals surface area (Å²) in [6, 6.07) is 39.2. The summed E-state index contributed by atoms with van der Waals surface area (Å²) in [5, 5.41) is 15.5. The van der Waals surface area contributed by atoms with Crippen molar-refractivity contribution >= 4 is 97.9 Å². The number of piperidine rings is 1. The number of hydrogen-bond acceptors (Lipinski definition) is 18. The van der Waals surface area contributed by atoms with E-state index in [1.807, 2.05) is 119 Å². The van der Waals surface area contributed by atoms with E-state index in [4.69, 9.17) is 43.2 Å². The van der Waals surface area contributed by atoms with E-state index in [-0.39, 0.29) is 105 Å². The maximum Gasteiger partial charge on any atom is 0.494 e. The molecule has 4 saturated heterocycles. The zero-order valence-electron chi connectivity index (χ0n) is 79.4. The molecular formula is C103H125BBrN15O14. The number of carbonyl (C=O) groups is 8. The molecule has 8 N–H and O–H groups in total. The predicted octanol–water partition coefficient (Wildman–Crippen LogP) is 18.0. The molecule has 2 spiro atoms. The number of Topliss-reactive ketones (excluding diaryl/α,β-unsaturated/α-hetero) is 1. The van der Waals surface area contributed by atoms with Gasteiger partial charge in [0.2, 0.25) is 17.7 Å². The first-order chi connectivity index (χ1) is 64.0. The lowest BCUT2D eigenvalue weighted by atomic mass is 9.73. The second-order valence-electron chi connectivity index (χ2n) is 41.0. The van der Waals surface area contributed by atoms with Gasteiger partial charge in [-0.05, 0) is 237 Å². The molecule has 4 aliphatic heterocycles. The van der Waals surface area contributed by atoms with Crippen LogP contribution in [0.1, 0.15) is 207 Å². The van der Waals surface area contributed by atoms with Crippen molar-refractivity contribution in [2.24, 2.45) is 58.2 Å². The Morgan fingerprint density at radius 3 is 1.27 bits per heavy atom. The minimum absolute atomic E-state index is 0.00700. The fourth-order valence-electron chi connectivity index (χ4n) is 21.7. The van der Waals surface area contributed by atoms with E-state index in [9.17, 15) is 38.4 Å². The van der Waals surface area contributed by atoms with E-state index in [1.54, 1.807) is 0 Å². The molecule has 9 fully saturated rings. The molecule has 13 atom stereocenters. The lowest BCUT2D eigenvalue weighted by Crippen LogP contribution is -2.54. The van der Waals surface area contributed by atoms with Crippen LogP contribution in [0.3, 0.4) is 0 Å². The molecule has 10 aromatic rings. The third-order valence-corrected chi connectivity index (χ3v) is 30.9. The molecule has 706 valence electrons. The van der Waals surface area contributed by atoms with Crippen molar-refractivity contribution in [3.8, 4) is 56.2 Å². The highest BCUT2D eigenvalue weighted by molar-refractivity contribution is 9.10. The van der Waals surface area contributed by atoms with Crippen molar-refractivity contribution < 1.29 is 66.6 Å². The molecule has 4 aromatic heterocycles. The summed E-state index contributed by atoms with van der Waals surface area (Å²) in [7, 11) is 4.85. The summed E-state index contributed by atoms with van der Waals surface area (Å²) < 4.78 is 32.7. The summed E-state index contributed by atoms with van der Waals surface area (Å²) in [5.74, 6) is 3.59. The SMILES string of the molecule is COC(=O)N[C@H](C(=O)C1[C@@H]2CC[C@@H](C2)[C@H]1c1ncc(-c2ccc(-c3ccc4cc(-c5cnc([C@@H]6CC7(CC7)CN6C(=O)[C@@H](NC(=O)OC)C(C)C)[nH]5)ccc4c3)cc2)[nH]1)C(C)C.COC(=O)N[C@H](C(=O)N1CC2(CC2)C[C@H]1c1ncc(-c2ccc3cc(B4OC(C)(C)C(C)(C)O4)ccc3c2)[nH]1)C(C)C.COC(=O)N[C@H](C(=O)N1[C@@H]2CC[C@@H](C2)[C@H]1c1ncc(-c2ccc(Br)cc2)[nH]1)C(C)C. The molecular weight excluding hydrogens is 1760 g/mol. The number of methoxy groups -OCH3 is 4. The number of H-pyrrole nitrogens is 4. The van der Waals surface area contributed by atoms with Crippen molar-refractivity contribution in [1.82, 2.24) is 75.8 Å². The molecule has 9 aliphatic rings. The number of fused-ring (bicyclic) bond motifs is 6. The first-order valence-electron chi connectivity index (χ1n) is 47.4. The van der Waals surface area contributed by atoms with Crippen LogP contribution in [0.2, 0.25) is 0 Å². The van der Waals surface area contributed by atoms with Crippen LogP contribution in [0.5, 0.6) is 0 Å². The monoisotopic (exact) mass is 1890 g/mol. The molecule has 6 aromatic carbocycles. The van der Waals surface area contributed by atoms with Gasteiger partial charge < -0.3 is 84.2 Å². The number of ketones is 1. The number of amides is 7. The molecule has 19 rings (SSSR count). The summed E-state index contributed by atoms with van der Waals surface area (Å²) in [6.07, 6.45) is 17.3. The zero-order chi connectivity index (χ0) is 94.9. The van der Waals surface area contributed by atoms with Crippen molar-refractivity contribution in [2.75, 3.05) is 41.5 Å². The van der Waals surface area contributed by atoms with Crippen LogP contribution in [0.25, 0.3) is 77.7 Å². The Kier molecular flexibility index (Phi) is 26.6. The van der Waals surface area contributed by atoms with Gasteiger partial charge in [0.1, 0.15) is 41.4 Å². The zero-order valence-corrected chi connectivity index (χ0v) is 81.0. The van der Waals surface area contributed by atoms with Gasteiger partial charge in [-0.15, -0.1) is 0 Å². The molecule has 29 nitrogen and oxygen atoms in total. The highest BCUT2D eigenvalue weighted by Crippen LogP contribution is 2.61. The largest absolute Gasteiger partial charge is 0.494 e. The first kappa shape index (κ1) is 94.1. The van der Waals surface area contributed by atoms with E-state index in [1.165, 1.54) is 28.4 Å². The number of likely N-dealkylation sites (tertiary alicyclic amines) is 3. The van der Waals surface area contributed by atoms with Crippen LogP contribution < -0.4 is 26.7 Å². The van der Waals surface area contributed by atoms with Crippen LogP contribution >= 0.6 is 15.9 Å². The van der Waals surface area contributed by atoms with Gasteiger partial charge in [0, 0.05) is 46.6 Å². The summed E-state index contributed by atoms with van der Waals surface area (Å²) in [4.78, 5) is 142. The number of benzene rings is 6. The van der Waals surface area contributed by atoms with Crippen molar-refractivity contribution in [3.05, 3.63) is 174 Å². The number of carbonyl (C=O) groups excluding carboxylic acids is 8. The number of nitrogens with one attached hydrogen (secondary N) is 8. The van der Waals surface area contributed by atoms with E-state index in [0.717, 1.165) is 188 Å². The van der Waals surface area contributed by atoms with Gasteiger partial charge in [-0.3, -0.25) is 19.2 Å². The molecule has 8 heterocycles. The topological polar surface area (TPSA) is 364 Å². The number of halogens is 1. The van der Waals surface area contributed by atoms with Gasteiger partial charge >= 0.3 is 31.5 Å².